The van der Waals surface area contributed by atoms with Crippen molar-refractivity contribution in [3.8, 4) is 5.75 Å². The molecule has 0 amide bonds. The lowest BCUT2D eigenvalue weighted by molar-refractivity contribution is -0.140. The molecule has 3 aromatic carbocycles. The van der Waals surface area contributed by atoms with Crippen molar-refractivity contribution in [2.24, 2.45) is 5.73 Å². The molecule has 3 rings (SSSR count). The van der Waals surface area contributed by atoms with Gasteiger partial charge in [0, 0.05) is 12.2 Å². The highest BCUT2D eigenvalue weighted by atomic mass is 35.5. The molecule has 0 aromatic heterocycles. The fraction of sp³-hybridized carbons (Fsp3) is 0.208. The van der Waals surface area contributed by atoms with Crippen molar-refractivity contribution in [2.45, 2.75) is 31.8 Å². The molecule has 0 bridgehead atoms. The van der Waals surface area contributed by atoms with Gasteiger partial charge in [0.2, 0.25) is 0 Å². The molecule has 11 heteroatoms. The number of benzene rings is 3. The van der Waals surface area contributed by atoms with Crippen LogP contribution in [0.3, 0.4) is 0 Å². The Labute approximate surface area is 208 Å². The summed E-state index contributed by atoms with van der Waals surface area (Å²) < 4.78 is 58.0. The Balaban J connectivity index is 1.65. The Morgan fingerprint density at radius 3 is 2.34 bits per heavy atom. The van der Waals surface area contributed by atoms with E-state index in [4.69, 9.17) is 38.8 Å². The van der Waals surface area contributed by atoms with Gasteiger partial charge in [0.15, 0.2) is 5.75 Å². The van der Waals surface area contributed by atoms with E-state index in [0.29, 0.717) is 16.8 Å². The second kappa shape index (κ2) is 11.2. The lowest BCUT2D eigenvalue weighted by Gasteiger charge is -2.14. The van der Waals surface area contributed by atoms with Crippen molar-refractivity contribution in [3.05, 3.63) is 92.7 Å². The van der Waals surface area contributed by atoms with Crippen molar-refractivity contribution in [2.75, 3.05) is 5.32 Å². The third-order valence-electron chi connectivity index (χ3n) is 4.97. The molecule has 0 aliphatic carbocycles. The number of carbonyl (C=O) groups is 1. The summed E-state index contributed by atoms with van der Waals surface area (Å²) in [6.45, 7) is 0.128. The molecule has 4 N–H and O–H groups in total. The topological polar surface area (TPSA) is 84.6 Å². The average Bonchev–Trinajstić information content (AvgIpc) is 2.77. The van der Waals surface area contributed by atoms with Crippen LogP contribution in [0.15, 0.2) is 54.6 Å². The van der Waals surface area contributed by atoms with E-state index in [0.717, 1.165) is 12.1 Å². The summed E-state index contributed by atoms with van der Waals surface area (Å²) in [4.78, 5) is 10.9. The molecule has 0 unspecified atom stereocenters. The van der Waals surface area contributed by atoms with Crippen LogP contribution in [0.25, 0.3) is 0 Å². The summed E-state index contributed by atoms with van der Waals surface area (Å²) >= 11 is 12.5. The minimum absolute atomic E-state index is 0.0429. The van der Waals surface area contributed by atoms with Crippen LogP contribution in [0.1, 0.15) is 22.3 Å². The van der Waals surface area contributed by atoms with Crippen molar-refractivity contribution >= 4 is 34.9 Å². The Kier molecular flexibility index (Phi) is 8.47. The summed E-state index contributed by atoms with van der Waals surface area (Å²) in [6.07, 6.45) is -4.73. The van der Waals surface area contributed by atoms with Gasteiger partial charge < -0.3 is 20.9 Å². The Hall–Kier alpha value is -3.01. The number of rotatable bonds is 9. The third-order valence-corrected chi connectivity index (χ3v) is 5.54. The number of hydrogen-bond acceptors (Lipinski definition) is 4. The van der Waals surface area contributed by atoms with E-state index in [1.807, 2.05) is 0 Å². The maximum Gasteiger partial charge on any atom is 0.419 e. The molecule has 0 aliphatic rings. The summed E-state index contributed by atoms with van der Waals surface area (Å²) in [6, 6.07) is 11.8. The monoisotopic (exact) mass is 530 g/mol. The molecular formula is C24H20Cl2F4N2O3. The van der Waals surface area contributed by atoms with E-state index in [1.165, 1.54) is 18.2 Å². The molecule has 3 aromatic rings. The van der Waals surface area contributed by atoms with E-state index in [-0.39, 0.29) is 40.9 Å². The molecule has 1 atom stereocenters. The van der Waals surface area contributed by atoms with Gasteiger partial charge in [0.25, 0.3) is 0 Å². The van der Waals surface area contributed by atoms with Crippen LogP contribution in [0.5, 0.6) is 5.75 Å². The largest absolute Gasteiger partial charge is 0.486 e. The van der Waals surface area contributed by atoms with Crippen LogP contribution < -0.4 is 15.8 Å². The van der Waals surface area contributed by atoms with E-state index >= 15 is 0 Å². The SMILES string of the molecule is N[C@@H](Cc1cc(Cl)c(OCc2cccc(NCc3ccc(F)c(C(F)(F)F)c3)c2)c(Cl)c1)C(=O)O. The first-order chi connectivity index (χ1) is 16.4. The molecular weight excluding hydrogens is 511 g/mol. The van der Waals surface area contributed by atoms with Crippen LogP contribution in [0.4, 0.5) is 23.2 Å². The Bertz CT molecular complexity index is 1200. The van der Waals surface area contributed by atoms with Gasteiger partial charge in [-0.3, -0.25) is 4.79 Å². The van der Waals surface area contributed by atoms with Gasteiger partial charge >= 0.3 is 12.1 Å². The molecule has 5 nitrogen and oxygen atoms in total. The van der Waals surface area contributed by atoms with Gasteiger partial charge in [-0.25, -0.2) is 4.39 Å². The first-order valence-electron chi connectivity index (χ1n) is 10.2. The van der Waals surface area contributed by atoms with Gasteiger partial charge in [-0.05, 0) is 59.5 Å². The molecule has 0 heterocycles. The number of nitrogens with two attached hydrogens (primary N) is 1. The maximum atomic E-state index is 13.5. The second-order valence-electron chi connectivity index (χ2n) is 7.69. The number of hydrogen-bond donors (Lipinski definition) is 3. The zero-order valence-corrected chi connectivity index (χ0v) is 19.5. The molecule has 0 fully saturated rings. The number of halogens is 6. The summed E-state index contributed by atoms with van der Waals surface area (Å²) in [7, 11) is 0. The van der Waals surface area contributed by atoms with Gasteiger partial charge in [-0.2, -0.15) is 13.2 Å². The van der Waals surface area contributed by atoms with Gasteiger partial charge in [0.05, 0.1) is 15.6 Å². The first kappa shape index (κ1) is 26.6. The highest BCUT2D eigenvalue weighted by Gasteiger charge is 2.34. The average molecular weight is 531 g/mol. The maximum absolute atomic E-state index is 13.5. The van der Waals surface area contributed by atoms with Crippen LogP contribution >= 0.6 is 23.2 Å². The molecule has 0 saturated carbocycles. The molecule has 0 spiro atoms. The summed E-state index contributed by atoms with van der Waals surface area (Å²) in [5.41, 5.74) is 6.36. The fourth-order valence-electron chi connectivity index (χ4n) is 3.24. The highest BCUT2D eigenvalue weighted by Crippen LogP contribution is 2.35. The normalized spacial score (nSPS) is 12.3. The van der Waals surface area contributed by atoms with E-state index in [9.17, 15) is 22.4 Å². The smallest absolute Gasteiger partial charge is 0.419 e. The van der Waals surface area contributed by atoms with Gasteiger partial charge in [0.1, 0.15) is 18.5 Å². The predicted octanol–water partition coefficient (Wildman–Crippen LogP) is 6.30. The number of aliphatic carboxylic acids is 1. The zero-order chi connectivity index (χ0) is 25.8. The molecule has 35 heavy (non-hydrogen) atoms. The van der Waals surface area contributed by atoms with Crippen LogP contribution in [0.2, 0.25) is 10.0 Å². The molecule has 0 saturated heterocycles. The van der Waals surface area contributed by atoms with Crippen LogP contribution in [-0.2, 0) is 30.5 Å². The van der Waals surface area contributed by atoms with Crippen LogP contribution in [-0.4, -0.2) is 17.1 Å². The third kappa shape index (κ3) is 7.24. The Morgan fingerprint density at radius 1 is 1.03 bits per heavy atom. The van der Waals surface area contributed by atoms with E-state index < -0.39 is 29.6 Å². The summed E-state index contributed by atoms with van der Waals surface area (Å²) in [5, 5.41) is 12.3. The second-order valence-corrected chi connectivity index (χ2v) is 8.51. The fourth-order valence-corrected chi connectivity index (χ4v) is 3.88. The quantitative estimate of drug-likeness (QED) is 0.283. The standard InChI is InChI=1S/C24H20Cl2F4N2O3/c25-18-8-15(10-21(31)23(33)34)9-19(26)22(18)35-12-14-2-1-3-16(6-14)32-11-13-4-5-20(27)17(7-13)24(28,29)30/h1-9,21,32H,10-12,31H2,(H,33,34)/t21-/m0/s1. The molecule has 0 radical (unpaired) electrons. The number of anilines is 1. The van der Waals surface area contributed by atoms with E-state index in [1.54, 1.807) is 24.3 Å². The molecule has 186 valence electrons. The minimum Gasteiger partial charge on any atom is -0.486 e. The van der Waals surface area contributed by atoms with Gasteiger partial charge in [-0.1, -0.05) is 41.4 Å². The van der Waals surface area contributed by atoms with Crippen LogP contribution in [0, 0.1) is 5.82 Å². The lowest BCUT2D eigenvalue weighted by Crippen LogP contribution is -2.32. The van der Waals surface area contributed by atoms with Crippen molar-refractivity contribution in [3.63, 3.8) is 0 Å². The van der Waals surface area contributed by atoms with Gasteiger partial charge in [-0.15, -0.1) is 0 Å². The Morgan fingerprint density at radius 2 is 1.71 bits per heavy atom. The first-order valence-corrected chi connectivity index (χ1v) is 11.0. The molecule has 0 aliphatic heterocycles. The predicted molar refractivity (Wildman–Crippen MR) is 125 cm³/mol. The number of ether oxygens (including phenoxy) is 1. The minimum atomic E-state index is -4.78. The lowest BCUT2D eigenvalue weighted by atomic mass is 10.1. The van der Waals surface area contributed by atoms with Crippen molar-refractivity contribution in [1.82, 2.24) is 0 Å². The van der Waals surface area contributed by atoms with Crippen molar-refractivity contribution in [1.29, 1.82) is 0 Å². The number of carboxylic acids is 1. The number of nitrogens with one attached hydrogen (secondary N) is 1. The highest BCUT2D eigenvalue weighted by molar-refractivity contribution is 6.37. The zero-order valence-electron chi connectivity index (χ0n) is 18.0. The van der Waals surface area contributed by atoms with Crippen molar-refractivity contribution < 1.29 is 32.2 Å². The number of alkyl halides is 3. The summed E-state index contributed by atoms with van der Waals surface area (Å²) in [5.74, 6) is -2.26. The van der Waals surface area contributed by atoms with E-state index in [2.05, 4.69) is 5.32 Å². The number of carboxylic acid groups (broad SMARTS) is 1.